The summed E-state index contributed by atoms with van der Waals surface area (Å²) in [6.45, 7) is 2.43. The Morgan fingerprint density at radius 2 is 1.92 bits per heavy atom. The molecule has 3 N–H and O–H groups in total. The standard InChI is InChI=1S/C19H19N3O2.ClH/c1-13-12-17(21-22(19(13)20)11-5-10-18(23)24)16-9-4-7-14-6-2-3-8-15(14)16;/h2-4,6-9,12,20H,5,10-11H2,1H3,(H,23,24);1H. The number of aryl methyl sites for hydroxylation is 2. The number of nitrogens with zero attached hydrogens (tertiary/aromatic N) is 2. The second-order valence-corrected chi connectivity index (χ2v) is 5.84. The minimum Gasteiger partial charge on any atom is -1.00 e. The van der Waals surface area contributed by atoms with Crippen molar-refractivity contribution in [1.29, 1.82) is 0 Å². The maximum atomic E-state index is 10.7. The molecule has 0 amide bonds. The van der Waals surface area contributed by atoms with E-state index in [-0.39, 0.29) is 18.8 Å². The summed E-state index contributed by atoms with van der Waals surface area (Å²) >= 11 is 0. The fourth-order valence-corrected chi connectivity index (χ4v) is 2.83. The van der Waals surface area contributed by atoms with Crippen LogP contribution in [0, 0.1) is 6.92 Å². The van der Waals surface area contributed by atoms with Crippen LogP contribution < -0.4 is 22.8 Å². The van der Waals surface area contributed by atoms with Crippen LogP contribution in [0.2, 0.25) is 0 Å². The molecule has 0 aliphatic heterocycles. The first kappa shape index (κ1) is 18.7. The fraction of sp³-hybridized carbons (Fsp3) is 0.211. The van der Waals surface area contributed by atoms with Crippen LogP contribution in [0.25, 0.3) is 22.0 Å². The molecule has 0 aliphatic carbocycles. The molecule has 5 nitrogen and oxygen atoms in total. The summed E-state index contributed by atoms with van der Waals surface area (Å²) in [5.41, 5.74) is 8.93. The van der Waals surface area contributed by atoms with Crippen molar-refractivity contribution in [3.63, 3.8) is 0 Å². The zero-order valence-electron chi connectivity index (χ0n) is 13.9. The van der Waals surface area contributed by atoms with Crippen LogP contribution in [-0.2, 0) is 11.3 Å². The number of anilines is 1. The first-order chi connectivity index (χ1) is 11.6. The highest BCUT2D eigenvalue weighted by molar-refractivity contribution is 5.95. The van der Waals surface area contributed by atoms with Crippen molar-refractivity contribution in [3.05, 3.63) is 54.1 Å². The van der Waals surface area contributed by atoms with E-state index in [1.165, 1.54) is 0 Å². The van der Waals surface area contributed by atoms with E-state index >= 15 is 0 Å². The first-order valence-electron chi connectivity index (χ1n) is 7.93. The van der Waals surface area contributed by atoms with Gasteiger partial charge in [0.2, 0.25) is 0 Å². The summed E-state index contributed by atoms with van der Waals surface area (Å²) in [6, 6.07) is 16.3. The number of hydrogen-bond donors (Lipinski definition) is 2. The summed E-state index contributed by atoms with van der Waals surface area (Å²) in [5.74, 6) is -0.236. The van der Waals surface area contributed by atoms with E-state index in [0.29, 0.717) is 18.8 Å². The van der Waals surface area contributed by atoms with E-state index in [2.05, 4.69) is 23.3 Å². The molecule has 0 atom stereocenters. The van der Waals surface area contributed by atoms with Crippen LogP contribution in [0.4, 0.5) is 5.82 Å². The highest BCUT2D eigenvalue weighted by atomic mass is 35.5. The maximum Gasteiger partial charge on any atom is 0.303 e. The number of carbonyl (C=O) groups is 1. The number of carboxylic acids is 1. The molecule has 0 radical (unpaired) electrons. The molecule has 0 fully saturated rings. The van der Waals surface area contributed by atoms with Crippen molar-refractivity contribution in [3.8, 4) is 11.3 Å². The van der Waals surface area contributed by atoms with Gasteiger partial charge in [-0.15, -0.1) is 4.68 Å². The van der Waals surface area contributed by atoms with E-state index in [1.807, 2.05) is 37.3 Å². The Balaban J connectivity index is 0.00000225. The number of fused-ring (bicyclic) bond motifs is 1. The van der Waals surface area contributed by atoms with Gasteiger partial charge < -0.3 is 17.5 Å². The Morgan fingerprint density at radius 1 is 1.20 bits per heavy atom. The van der Waals surface area contributed by atoms with Gasteiger partial charge in [0.15, 0.2) is 0 Å². The number of aliphatic carboxylic acids is 1. The molecule has 0 saturated heterocycles. The lowest BCUT2D eigenvalue weighted by atomic mass is 10.0. The molecule has 2 aromatic carbocycles. The van der Waals surface area contributed by atoms with Crippen LogP contribution >= 0.6 is 0 Å². The van der Waals surface area contributed by atoms with Crippen molar-refractivity contribution in [1.82, 2.24) is 5.10 Å². The molecule has 0 aliphatic rings. The number of aromatic nitrogens is 2. The molecular weight excluding hydrogens is 338 g/mol. The van der Waals surface area contributed by atoms with Crippen molar-refractivity contribution in [2.45, 2.75) is 26.3 Å². The summed E-state index contributed by atoms with van der Waals surface area (Å²) in [4.78, 5) is 10.7. The minimum absolute atomic E-state index is 0. The lowest BCUT2D eigenvalue weighted by Crippen LogP contribution is -3.00. The van der Waals surface area contributed by atoms with Gasteiger partial charge in [-0.1, -0.05) is 47.6 Å². The van der Waals surface area contributed by atoms with Gasteiger partial charge in [-0.05, 0) is 30.2 Å². The van der Waals surface area contributed by atoms with E-state index in [4.69, 9.17) is 10.8 Å². The zero-order valence-corrected chi connectivity index (χ0v) is 14.7. The molecule has 0 saturated carbocycles. The Morgan fingerprint density at radius 3 is 2.68 bits per heavy atom. The first-order valence-corrected chi connectivity index (χ1v) is 7.93. The van der Waals surface area contributed by atoms with E-state index < -0.39 is 5.97 Å². The quantitative estimate of drug-likeness (QED) is 0.627. The SMILES string of the molecule is Cc1cc(-c2cccc3ccccc23)n[n+](CCCC(=O)O)c1N.[Cl-]. The normalized spacial score (nSPS) is 10.4. The Bertz CT molecular complexity index is 907. The van der Waals surface area contributed by atoms with Gasteiger partial charge in [0.1, 0.15) is 12.2 Å². The molecule has 6 heteroatoms. The monoisotopic (exact) mass is 357 g/mol. The van der Waals surface area contributed by atoms with Gasteiger partial charge in [0, 0.05) is 17.5 Å². The second kappa shape index (κ2) is 7.94. The largest absolute Gasteiger partial charge is 1.00 e. The predicted octanol–water partition coefficient (Wildman–Crippen LogP) is -0.0513. The topological polar surface area (TPSA) is 80.1 Å². The van der Waals surface area contributed by atoms with Gasteiger partial charge in [-0.2, -0.15) is 0 Å². The molecule has 0 spiro atoms. The molecule has 3 aromatic rings. The molecule has 0 bridgehead atoms. The fourth-order valence-electron chi connectivity index (χ4n) is 2.83. The van der Waals surface area contributed by atoms with Crippen LogP contribution in [0.15, 0.2) is 48.5 Å². The third-order valence-corrected chi connectivity index (χ3v) is 4.09. The second-order valence-electron chi connectivity index (χ2n) is 5.84. The molecule has 0 unspecified atom stereocenters. The predicted molar refractivity (Wildman–Crippen MR) is 93.4 cm³/mol. The molecule has 3 rings (SSSR count). The molecular formula is C19H20ClN3O2. The van der Waals surface area contributed by atoms with Crippen molar-refractivity contribution in [2.24, 2.45) is 0 Å². The average molecular weight is 358 g/mol. The third-order valence-electron chi connectivity index (χ3n) is 4.09. The van der Waals surface area contributed by atoms with E-state index in [0.717, 1.165) is 27.6 Å². The van der Waals surface area contributed by atoms with Crippen molar-refractivity contribution in [2.75, 3.05) is 5.73 Å². The summed E-state index contributed by atoms with van der Waals surface area (Å²) in [5, 5.41) is 15.7. The van der Waals surface area contributed by atoms with E-state index in [9.17, 15) is 4.79 Å². The number of benzene rings is 2. The molecule has 1 aromatic heterocycles. The Hall–Kier alpha value is -2.66. The number of nitrogen functional groups attached to an aromatic ring is 1. The van der Waals surface area contributed by atoms with Crippen LogP contribution in [0.1, 0.15) is 18.4 Å². The van der Waals surface area contributed by atoms with Crippen LogP contribution in [0.3, 0.4) is 0 Å². The number of carboxylic acid groups (broad SMARTS) is 1. The zero-order chi connectivity index (χ0) is 17.1. The Kier molecular flexibility index (Phi) is 5.93. The lowest BCUT2D eigenvalue weighted by Gasteiger charge is -2.09. The van der Waals surface area contributed by atoms with Crippen LogP contribution in [0.5, 0.6) is 0 Å². The number of rotatable bonds is 5. The highest BCUT2D eigenvalue weighted by Gasteiger charge is 2.15. The molecule has 25 heavy (non-hydrogen) atoms. The third kappa shape index (κ3) is 4.06. The summed E-state index contributed by atoms with van der Waals surface area (Å²) < 4.78 is 1.70. The van der Waals surface area contributed by atoms with Gasteiger partial charge in [-0.3, -0.25) is 10.5 Å². The number of hydrogen-bond acceptors (Lipinski definition) is 3. The molecule has 130 valence electrons. The highest BCUT2D eigenvalue weighted by Crippen LogP contribution is 2.27. The van der Waals surface area contributed by atoms with Crippen molar-refractivity contribution >= 4 is 22.6 Å². The number of halogens is 1. The van der Waals surface area contributed by atoms with Gasteiger partial charge >= 0.3 is 5.97 Å². The maximum absolute atomic E-state index is 10.7. The van der Waals surface area contributed by atoms with E-state index in [1.54, 1.807) is 4.68 Å². The van der Waals surface area contributed by atoms with Crippen molar-refractivity contribution < 1.29 is 27.0 Å². The van der Waals surface area contributed by atoms with Gasteiger partial charge in [0.05, 0.1) is 0 Å². The summed E-state index contributed by atoms with van der Waals surface area (Å²) in [7, 11) is 0. The number of nitrogens with two attached hydrogens (primary N) is 1. The molecule has 1 heterocycles. The Labute approximate surface area is 152 Å². The smallest absolute Gasteiger partial charge is 0.303 e. The van der Waals surface area contributed by atoms with Crippen LogP contribution in [-0.4, -0.2) is 16.2 Å². The minimum atomic E-state index is -0.809. The van der Waals surface area contributed by atoms with Gasteiger partial charge in [0.25, 0.3) is 5.82 Å². The lowest BCUT2D eigenvalue weighted by molar-refractivity contribution is -0.740. The average Bonchev–Trinajstić information content (AvgIpc) is 2.57. The summed E-state index contributed by atoms with van der Waals surface area (Å²) in [6.07, 6.45) is 0.599. The van der Waals surface area contributed by atoms with Gasteiger partial charge in [-0.25, -0.2) is 0 Å².